The standard InChI is InChI=1S/C22H29N3O3/c26-20(11-13-25-21(27)18-8-4-5-9-19(18)22(25)28)23-17-10-12-24(15-17)14-16-6-2-1-3-7-16/h1-3,6-7,17-19H,4-5,8-15H2,(H,23,26)/p+1/t17-,18-,19+/m1/s1. The number of quaternary nitrogens is 1. The molecule has 2 N–H and O–H groups in total. The van der Waals surface area contributed by atoms with Gasteiger partial charge in [-0.1, -0.05) is 43.2 Å². The average Bonchev–Trinajstić information content (AvgIpc) is 3.24. The summed E-state index contributed by atoms with van der Waals surface area (Å²) in [6.07, 6.45) is 4.87. The highest BCUT2D eigenvalue weighted by Crippen LogP contribution is 2.37. The fourth-order valence-electron chi connectivity index (χ4n) is 5.06. The Bertz CT molecular complexity index is 712. The number of amides is 3. The summed E-state index contributed by atoms with van der Waals surface area (Å²) in [5.74, 6) is -0.422. The van der Waals surface area contributed by atoms with E-state index in [4.69, 9.17) is 0 Å². The highest BCUT2D eigenvalue weighted by Gasteiger charge is 2.47. The lowest BCUT2D eigenvalue weighted by atomic mass is 9.81. The van der Waals surface area contributed by atoms with E-state index in [2.05, 4.69) is 29.6 Å². The predicted molar refractivity (Wildman–Crippen MR) is 104 cm³/mol. The van der Waals surface area contributed by atoms with Crippen LogP contribution in [0.5, 0.6) is 0 Å². The zero-order valence-corrected chi connectivity index (χ0v) is 16.4. The highest BCUT2D eigenvalue weighted by molar-refractivity contribution is 6.05. The van der Waals surface area contributed by atoms with Gasteiger partial charge in [-0.25, -0.2) is 0 Å². The first-order valence-corrected chi connectivity index (χ1v) is 10.6. The molecule has 1 aromatic carbocycles. The van der Waals surface area contributed by atoms with Gasteiger partial charge in [-0.05, 0) is 12.8 Å². The Balaban J connectivity index is 1.22. The molecule has 1 unspecified atom stereocenters. The first kappa shape index (κ1) is 19.1. The molecule has 3 aliphatic rings. The molecular weight excluding hydrogens is 354 g/mol. The summed E-state index contributed by atoms with van der Waals surface area (Å²) in [6, 6.07) is 10.6. The molecule has 6 nitrogen and oxygen atoms in total. The molecule has 3 fully saturated rings. The fraction of sp³-hybridized carbons (Fsp3) is 0.591. The normalized spacial score (nSPS) is 29.8. The predicted octanol–water partition coefficient (Wildman–Crippen LogP) is 0.525. The molecule has 0 aromatic heterocycles. The van der Waals surface area contributed by atoms with E-state index < -0.39 is 0 Å². The van der Waals surface area contributed by atoms with Crippen LogP contribution in [0.3, 0.4) is 0 Å². The van der Waals surface area contributed by atoms with Crippen LogP contribution in [0.2, 0.25) is 0 Å². The summed E-state index contributed by atoms with van der Waals surface area (Å²) >= 11 is 0. The first-order valence-electron chi connectivity index (χ1n) is 10.6. The SMILES string of the molecule is O=C(CCN1C(=O)[C@H]2CCCC[C@H]2C1=O)N[C@@H]1CC[NH+](Cc2ccccc2)C1. The van der Waals surface area contributed by atoms with Crippen LogP contribution in [0.15, 0.2) is 30.3 Å². The van der Waals surface area contributed by atoms with Gasteiger partial charge in [-0.2, -0.15) is 0 Å². The smallest absolute Gasteiger partial charge is 0.233 e. The number of fused-ring (bicyclic) bond motifs is 1. The van der Waals surface area contributed by atoms with Crippen molar-refractivity contribution in [3.63, 3.8) is 0 Å². The van der Waals surface area contributed by atoms with Gasteiger partial charge in [-0.15, -0.1) is 0 Å². The second-order valence-corrected chi connectivity index (χ2v) is 8.50. The van der Waals surface area contributed by atoms with E-state index >= 15 is 0 Å². The summed E-state index contributed by atoms with van der Waals surface area (Å²) in [7, 11) is 0. The Morgan fingerprint density at radius 2 is 1.71 bits per heavy atom. The van der Waals surface area contributed by atoms with Gasteiger partial charge in [0.15, 0.2) is 0 Å². The van der Waals surface area contributed by atoms with Gasteiger partial charge in [0, 0.05) is 24.9 Å². The summed E-state index contributed by atoms with van der Waals surface area (Å²) in [5, 5.41) is 3.10. The van der Waals surface area contributed by atoms with Crippen LogP contribution in [-0.2, 0) is 20.9 Å². The van der Waals surface area contributed by atoms with Crippen LogP contribution < -0.4 is 10.2 Å². The Kier molecular flexibility index (Phi) is 5.76. The second kappa shape index (κ2) is 8.43. The largest absolute Gasteiger partial charge is 0.347 e. The van der Waals surface area contributed by atoms with Crippen LogP contribution in [0.4, 0.5) is 0 Å². The third-order valence-electron chi connectivity index (χ3n) is 6.54. The Hall–Kier alpha value is -2.21. The van der Waals surface area contributed by atoms with E-state index in [9.17, 15) is 14.4 Å². The third kappa shape index (κ3) is 4.12. The number of likely N-dealkylation sites (tertiary alicyclic amines) is 2. The van der Waals surface area contributed by atoms with Gasteiger partial charge in [0.2, 0.25) is 17.7 Å². The molecule has 2 heterocycles. The second-order valence-electron chi connectivity index (χ2n) is 8.50. The molecular formula is C22H30N3O3+. The molecule has 0 bridgehead atoms. The first-order chi connectivity index (χ1) is 13.6. The van der Waals surface area contributed by atoms with E-state index in [0.29, 0.717) is 0 Å². The van der Waals surface area contributed by atoms with E-state index in [1.165, 1.54) is 15.4 Å². The highest BCUT2D eigenvalue weighted by atomic mass is 16.2. The molecule has 150 valence electrons. The number of nitrogens with one attached hydrogen (secondary N) is 2. The van der Waals surface area contributed by atoms with Crippen molar-refractivity contribution in [2.24, 2.45) is 11.8 Å². The molecule has 4 atom stereocenters. The van der Waals surface area contributed by atoms with Crippen molar-refractivity contribution in [1.82, 2.24) is 10.2 Å². The maximum atomic E-state index is 12.5. The lowest BCUT2D eigenvalue weighted by Crippen LogP contribution is -3.09. The molecule has 1 aromatic rings. The quantitative estimate of drug-likeness (QED) is 0.703. The number of nitrogens with zero attached hydrogens (tertiary/aromatic N) is 1. The van der Waals surface area contributed by atoms with Crippen LogP contribution in [0.25, 0.3) is 0 Å². The molecule has 0 radical (unpaired) electrons. The Morgan fingerprint density at radius 1 is 1.04 bits per heavy atom. The van der Waals surface area contributed by atoms with Crippen LogP contribution >= 0.6 is 0 Å². The van der Waals surface area contributed by atoms with Crippen LogP contribution in [0.1, 0.15) is 44.1 Å². The Labute approximate surface area is 166 Å². The van der Waals surface area contributed by atoms with Crippen molar-refractivity contribution in [3.05, 3.63) is 35.9 Å². The fourth-order valence-corrected chi connectivity index (χ4v) is 5.06. The van der Waals surface area contributed by atoms with E-state index in [-0.39, 0.29) is 48.6 Å². The number of imide groups is 1. The van der Waals surface area contributed by atoms with Gasteiger partial charge in [0.05, 0.1) is 31.0 Å². The number of rotatable bonds is 6. The third-order valence-corrected chi connectivity index (χ3v) is 6.54. The van der Waals surface area contributed by atoms with Gasteiger partial charge in [-0.3, -0.25) is 19.3 Å². The van der Waals surface area contributed by atoms with Crippen molar-refractivity contribution < 1.29 is 19.3 Å². The van der Waals surface area contributed by atoms with Gasteiger partial charge >= 0.3 is 0 Å². The molecule has 0 spiro atoms. The van der Waals surface area contributed by atoms with E-state index in [1.807, 2.05) is 6.07 Å². The lowest BCUT2D eigenvalue weighted by Gasteiger charge is -2.19. The van der Waals surface area contributed by atoms with E-state index in [1.54, 1.807) is 0 Å². The van der Waals surface area contributed by atoms with Crippen molar-refractivity contribution in [2.75, 3.05) is 19.6 Å². The molecule has 28 heavy (non-hydrogen) atoms. The van der Waals surface area contributed by atoms with Crippen LogP contribution in [-0.4, -0.2) is 48.3 Å². The van der Waals surface area contributed by atoms with Gasteiger partial charge in [0.1, 0.15) is 6.54 Å². The number of carbonyl (C=O) groups excluding carboxylic acids is 3. The maximum Gasteiger partial charge on any atom is 0.233 e. The monoisotopic (exact) mass is 384 g/mol. The van der Waals surface area contributed by atoms with Gasteiger partial charge in [0.25, 0.3) is 0 Å². The minimum Gasteiger partial charge on any atom is -0.347 e. The molecule has 6 heteroatoms. The summed E-state index contributed by atoms with van der Waals surface area (Å²) in [5.41, 5.74) is 1.32. The summed E-state index contributed by atoms with van der Waals surface area (Å²) in [6.45, 7) is 3.18. The van der Waals surface area contributed by atoms with Crippen molar-refractivity contribution >= 4 is 17.7 Å². The summed E-state index contributed by atoms with van der Waals surface area (Å²) in [4.78, 5) is 40.2. The molecule has 3 amide bonds. The number of benzene rings is 1. The summed E-state index contributed by atoms with van der Waals surface area (Å²) < 4.78 is 0. The lowest BCUT2D eigenvalue weighted by molar-refractivity contribution is -0.901. The minimum atomic E-state index is -0.130. The molecule has 1 saturated carbocycles. The zero-order valence-electron chi connectivity index (χ0n) is 16.4. The van der Waals surface area contributed by atoms with Gasteiger partial charge < -0.3 is 10.2 Å². The number of hydrogen-bond acceptors (Lipinski definition) is 3. The van der Waals surface area contributed by atoms with Crippen LogP contribution in [0, 0.1) is 11.8 Å². The topological polar surface area (TPSA) is 70.9 Å². The molecule has 2 saturated heterocycles. The average molecular weight is 385 g/mol. The molecule has 2 aliphatic heterocycles. The van der Waals surface area contributed by atoms with Crippen molar-refractivity contribution in [2.45, 2.75) is 51.1 Å². The zero-order chi connectivity index (χ0) is 19.5. The van der Waals surface area contributed by atoms with Crippen molar-refractivity contribution in [1.29, 1.82) is 0 Å². The number of carbonyl (C=O) groups is 3. The number of hydrogen-bond donors (Lipinski definition) is 2. The minimum absolute atomic E-state index is 0.0538. The van der Waals surface area contributed by atoms with Crippen molar-refractivity contribution in [3.8, 4) is 0 Å². The molecule has 1 aliphatic carbocycles. The van der Waals surface area contributed by atoms with E-state index in [0.717, 1.165) is 51.7 Å². The molecule has 4 rings (SSSR count). The Morgan fingerprint density at radius 3 is 2.39 bits per heavy atom. The maximum absolute atomic E-state index is 12.5.